The fraction of sp³-hybridized carbons (Fsp3) is 0.222. The van der Waals surface area contributed by atoms with Crippen molar-refractivity contribution in [2.45, 2.75) is 20.5 Å². The van der Waals surface area contributed by atoms with E-state index in [1.165, 1.54) is 6.08 Å². The van der Waals surface area contributed by atoms with Crippen LogP contribution in [0.4, 0.5) is 0 Å². The molecule has 0 aliphatic carbocycles. The fourth-order valence-electron chi connectivity index (χ4n) is 2.06. The van der Waals surface area contributed by atoms with E-state index in [2.05, 4.69) is 15.9 Å². The second-order valence-corrected chi connectivity index (χ2v) is 5.68. The molecule has 0 radical (unpaired) electrons. The molecular formula is C18H17BrO5. The molecule has 0 amide bonds. The summed E-state index contributed by atoms with van der Waals surface area (Å²) in [5.74, 6) is -1.04. The van der Waals surface area contributed by atoms with Gasteiger partial charge in [-0.2, -0.15) is 0 Å². The van der Waals surface area contributed by atoms with Crippen LogP contribution in [0.15, 0.2) is 51.4 Å². The zero-order chi connectivity index (χ0) is 17.5. The molecule has 0 aliphatic rings. The zero-order valence-electron chi connectivity index (χ0n) is 13.4. The summed E-state index contributed by atoms with van der Waals surface area (Å²) in [6.07, 6.45) is 6.40. The van der Waals surface area contributed by atoms with Crippen LogP contribution < -0.4 is 0 Å². The lowest BCUT2D eigenvalue weighted by atomic mass is 10.1. The van der Waals surface area contributed by atoms with Crippen molar-refractivity contribution >= 4 is 38.8 Å². The van der Waals surface area contributed by atoms with E-state index in [1.807, 2.05) is 6.92 Å². The summed E-state index contributed by atoms with van der Waals surface area (Å²) in [5, 5.41) is 0.692. The van der Waals surface area contributed by atoms with Crippen molar-refractivity contribution in [3.8, 4) is 0 Å². The predicted octanol–water partition coefficient (Wildman–Crippen LogP) is 4.55. The normalized spacial score (nSPS) is 11.5. The third-order valence-electron chi connectivity index (χ3n) is 3.11. The van der Waals surface area contributed by atoms with Gasteiger partial charge in [-0.15, -0.1) is 0 Å². The lowest BCUT2D eigenvalue weighted by molar-refractivity contribution is -0.139. The Morgan fingerprint density at radius 1 is 1.25 bits per heavy atom. The van der Waals surface area contributed by atoms with Crippen LogP contribution in [-0.2, 0) is 20.9 Å². The number of allylic oxidation sites excluding steroid dienone is 3. The van der Waals surface area contributed by atoms with E-state index in [0.29, 0.717) is 16.5 Å². The van der Waals surface area contributed by atoms with Crippen LogP contribution in [0, 0.1) is 0 Å². The molecule has 0 saturated heterocycles. The van der Waals surface area contributed by atoms with Gasteiger partial charge >= 0.3 is 11.9 Å². The number of rotatable bonds is 6. The van der Waals surface area contributed by atoms with Crippen LogP contribution in [0.1, 0.15) is 30.0 Å². The van der Waals surface area contributed by atoms with Crippen LogP contribution in [0.3, 0.4) is 0 Å². The summed E-state index contributed by atoms with van der Waals surface area (Å²) in [6.45, 7) is 3.70. The average molecular weight is 393 g/mol. The third-order valence-corrected chi connectivity index (χ3v) is 3.60. The zero-order valence-corrected chi connectivity index (χ0v) is 15.0. The molecule has 24 heavy (non-hydrogen) atoms. The summed E-state index contributed by atoms with van der Waals surface area (Å²) in [5.41, 5.74) is 1.01. The first-order valence-electron chi connectivity index (χ1n) is 7.41. The minimum Gasteiger partial charge on any atom is -0.460 e. The molecule has 1 heterocycles. The van der Waals surface area contributed by atoms with Crippen molar-refractivity contribution < 1.29 is 23.5 Å². The van der Waals surface area contributed by atoms with Gasteiger partial charge < -0.3 is 13.9 Å². The highest BCUT2D eigenvalue weighted by atomic mass is 79.9. The van der Waals surface area contributed by atoms with Gasteiger partial charge in [-0.25, -0.2) is 9.59 Å². The number of esters is 2. The third kappa shape index (κ3) is 4.35. The maximum absolute atomic E-state index is 12.1. The first-order valence-corrected chi connectivity index (χ1v) is 8.20. The number of hydrogen-bond donors (Lipinski definition) is 0. The molecule has 2 aromatic rings. The van der Waals surface area contributed by atoms with Crippen LogP contribution in [0.5, 0.6) is 0 Å². The molecule has 126 valence electrons. The van der Waals surface area contributed by atoms with Gasteiger partial charge in [-0.3, -0.25) is 0 Å². The number of fused-ring (bicyclic) bond motifs is 1. The Labute approximate surface area is 148 Å². The van der Waals surface area contributed by atoms with Gasteiger partial charge in [0.05, 0.1) is 12.2 Å². The molecule has 0 unspecified atom stereocenters. The van der Waals surface area contributed by atoms with Gasteiger partial charge in [-0.05, 0) is 32.0 Å². The predicted molar refractivity (Wildman–Crippen MR) is 93.6 cm³/mol. The van der Waals surface area contributed by atoms with Crippen molar-refractivity contribution in [2.75, 3.05) is 6.61 Å². The number of halogens is 1. The number of ether oxygens (including phenoxy) is 2. The quantitative estimate of drug-likeness (QED) is 0.409. The smallest absolute Gasteiger partial charge is 0.374 e. The molecule has 0 N–H and O–H groups in total. The molecular weight excluding hydrogens is 376 g/mol. The Balaban J connectivity index is 2.31. The highest BCUT2D eigenvalue weighted by molar-refractivity contribution is 9.10. The molecule has 0 bridgehead atoms. The molecule has 2 rings (SSSR count). The highest BCUT2D eigenvalue weighted by Crippen LogP contribution is 2.30. The Kier molecular flexibility index (Phi) is 6.37. The van der Waals surface area contributed by atoms with E-state index < -0.39 is 11.9 Å². The van der Waals surface area contributed by atoms with Crippen molar-refractivity contribution in [2.24, 2.45) is 0 Å². The summed E-state index contributed by atoms with van der Waals surface area (Å²) in [6, 6.07) is 5.34. The van der Waals surface area contributed by atoms with E-state index in [9.17, 15) is 9.59 Å². The number of carbonyl (C=O) groups is 2. The molecule has 0 spiro atoms. The molecule has 0 aliphatic heterocycles. The molecule has 1 aromatic heterocycles. The number of hydrogen-bond acceptors (Lipinski definition) is 5. The molecule has 1 aromatic carbocycles. The maximum Gasteiger partial charge on any atom is 0.374 e. The summed E-state index contributed by atoms with van der Waals surface area (Å²) >= 11 is 3.38. The Morgan fingerprint density at radius 3 is 2.75 bits per heavy atom. The standard InChI is InChI=1S/C18H17BrO5/c1-3-5-6-7-16(20)23-11-14-13-10-12(19)8-9-15(13)24-17(14)18(21)22-4-2/h3,5-10H,4,11H2,1-2H3/b5-3+,7-6+. The minimum atomic E-state index is -0.583. The highest BCUT2D eigenvalue weighted by Gasteiger charge is 2.22. The summed E-state index contributed by atoms with van der Waals surface area (Å²) in [4.78, 5) is 23.8. The van der Waals surface area contributed by atoms with Gasteiger partial charge in [0, 0.05) is 15.9 Å². The Morgan fingerprint density at radius 2 is 2.04 bits per heavy atom. The van der Waals surface area contributed by atoms with E-state index >= 15 is 0 Å². The molecule has 0 saturated carbocycles. The SMILES string of the molecule is C/C=C/C=C/C(=O)OCc1c(C(=O)OCC)oc2ccc(Br)cc12. The number of furan rings is 1. The van der Waals surface area contributed by atoms with E-state index in [-0.39, 0.29) is 19.0 Å². The van der Waals surface area contributed by atoms with Crippen molar-refractivity contribution in [3.63, 3.8) is 0 Å². The number of benzene rings is 1. The lowest BCUT2D eigenvalue weighted by Gasteiger charge is -2.04. The van der Waals surface area contributed by atoms with Crippen LogP contribution in [-0.4, -0.2) is 18.5 Å². The van der Waals surface area contributed by atoms with E-state index in [0.717, 1.165) is 4.47 Å². The number of carbonyl (C=O) groups excluding carboxylic acids is 2. The van der Waals surface area contributed by atoms with Crippen molar-refractivity contribution in [3.05, 3.63) is 58.3 Å². The van der Waals surface area contributed by atoms with E-state index in [1.54, 1.807) is 43.4 Å². The molecule has 5 nitrogen and oxygen atoms in total. The van der Waals surface area contributed by atoms with Crippen molar-refractivity contribution in [1.82, 2.24) is 0 Å². The monoisotopic (exact) mass is 392 g/mol. The van der Waals surface area contributed by atoms with Crippen LogP contribution in [0.2, 0.25) is 0 Å². The van der Waals surface area contributed by atoms with E-state index in [4.69, 9.17) is 13.9 Å². The average Bonchev–Trinajstić information content (AvgIpc) is 2.91. The van der Waals surface area contributed by atoms with Crippen LogP contribution >= 0.6 is 15.9 Å². The van der Waals surface area contributed by atoms with Gasteiger partial charge in [-0.1, -0.05) is 34.2 Å². The molecule has 0 fully saturated rings. The Hall–Kier alpha value is -2.34. The summed E-state index contributed by atoms with van der Waals surface area (Å²) < 4.78 is 16.6. The largest absolute Gasteiger partial charge is 0.460 e. The van der Waals surface area contributed by atoms with Gasteiger partial charge in [0.1, 0.15) is 12.2 Å². The fourth-order valence-corrected chi connectivity index (χ4v) is 2.42. The van der Waals surface area contributed by atoms with Crippen molar-refractivity contribution in [1.29, 1.82) is 0 Å². The second kappa shape index (κ2) is 8.49. The maximum atomic E-state index is 12.1. The Bertz CT molecular complexity index is 801. The minimum absolute atomic E-state index is 0.0511. The van der Waals surface area contributed by atoms with Crippen LogP contribution in [0.25, 0.3) is 11.0 Å². The summed E-state index contributed by atoms with van der Waals surface area (Å²) in [7, 11) is 0. The molecule has 6 heteroatoms. The lowest BCUT2D eigenvalue weighted by Crippen LogP contribution is -2.08. The second-order valence-electron chi connectivity index (χ2n) is 4.76. The van der Waals surface area contributed by atoms with Gasteiger partial charge in [0.15, 0.2) is 0 Å². The first-order chi connectivity index (χ1) is 11.6. The topological polar surface area (TPSA) is 65.7 Å². The van der Waals surface area contributed by atoms with Gasteiger partial charge in [0.2, 0.25) is 5.76 Å². The van der Waals surface area contributed by atoms with Gasteiger partial charge in [0.25, 0.3) is 0 Å². The molecule has 0 atom stereocenters. The first kappa shape index (κ1) is 18.0.